The van der Waals surface area contributed by atoms with Crippen LogP contribution in [0.15, 0.2) is 45.1 Å². The van der Waals surface area contributed by atoms with Gasteiger partial charge in [0.25, 0.3) is 10.0 Å². The van der Waals surface area contributed by atoms with Crippen LogP contribution in [0.5, 0.6) is 0 Å². The molecule has 7 nitrogen and oxygen atoms in total. The Morgan fingerprint density at radius 2 is 2.11 bits per heavy atom. The minimum Gasteiger partial charge on any atom is -0.461 e. The van der Waals surface area contributed by atoms with E-state index in [1.165, 1.54) is 30.3 Å². The summed E-state index contributed by atoms with van der Waals surface area (Å²) in [6, 6.07) is 7.78. The average Bonchev–Trinajstić information content (AvgIpc) is 3.26. The van der Waals surface area contributed by atoms with Crippen molar-refractivity contribution < 1.29 is 26.9 Å². The average molecular weight is 431 g/mol. The second kappa shape index (κ2) is 7.67. The first-order valence-electron chi connectivity index (χ1n) is 7.52. The molecular weight excluding hydrogens is 419 g/mol. The third-order valence-corrected chi connectivity index (χ3v) is 6.45. The number of sulfonamides is 1. The normalized spacial score (nSPS) is 11.4. The number of hydrogen-bond acceptors (Lipinski definition) is 7. The van der Waals surface area contributed by atoms with Crippen LogP contribution in [0.25, 0.3) is 10.6 Å². The van der Waals surface area contributed by atoms with E-state index >= 15 is 0 Å². The molecule has 27 heavy (non-hydrogen) atoms. The summed E-state index contributed by atoms with van der Waals surface area (Å²) in [4.78, 5) is 12.0. The molecule has 11 heteroatoms. The van der Waals surface area contributed by atoms with Crippen molar-refractivity contribution in [1.29, 1.82) is 0 Å². The number of nitrogens with zero attached hydrogens (tertiary/aromatic N) is 1. The van der Waals surface area contributed by atoms with Crippen LogP contribution in [0.1, 0.15) is 17.4 Å². The molecule has 0 fully saturated rings. The number of ether oxygens (including phenoxy) is 1. The van der Waals surface area contributed by atoms with E-state index < -0.39 is 21.8 Å². The van der Waals surface area contributed by atoms with E-state index in [1.807, 2.05) is 0 Å². The van der Waals surface area contributed by atoms with Crippen LogP contribution in [-0.2, 0) is 14.8 Å². The van der Waals surface area contributed by atoms with Gasteiger partial charge in [-0.05, 0) is 37.3 Å². The van der Waals surface area contributed by atoms with E-state index in [0.29, 0.717) is 4.88 Å². The fourth-order valence-corrected chi connectivity index (χ4v) is 4.54. The zero-order chi connectivity index (χ0) is 19.6. The van der Waals surface area contributed by atoms with Crippen molar-refractivity contribution in [2.75, 3.05) is 11.3 Å². The SMILES string of the molecule is CCOC(=O)c1cc(-c2ccc(S(=O)(=O)Nc3ccc(Cl)cc3F)s2)on1. The Morgan fingerprint density at radius 1 is 1.33 bits per heavy atom. The number of carbonyl (C=O) groups is 1. The molecule has 1 N–H and O–H groups in total. The molecule has 142 valence electrons. The fraction of sp³-hybridized carbons (Fsp3) is 0.125. The molecule has 1 aromatic carbocycles. The van der Waals surface area contributed by atoms with Crippen LogP contribution in [0.4, 0.5) is 10.1 Å². The highest BCUT2D eigenvalue weighted by Gasteiger charge is 2.21. The molecule has 2 aromatic heterocycles. The maximum absolute atomic E-state index is 13.8. The van der Waals surface area contributed by atoms with E-state index in [-0.39, 0.29) is 33.0 Å². The van der Waals surface area contributed by atoms with Crippen LogP contribution in [0.2, 0.25) is 5.02 Å². The van der Waals surface area contributed by atoms with Crippen LogP contribution in [-0.4, -0.2) is 26.2 Å². The van der Waals surface area contributed by atoms with E-state index in [9.17, 15) is 17.6 Å². The lowest BCUT2D eigenvalue weighted by Gasteiger charge is -2.07. The lowest BCUT2D eigenvalue weighted by molar-refractivity contribution is 0.0514. The Hall–Kier alpha value is -2.43. The van der Waals surface area contributed by atoms with Gasteiger partial charge in [0.05, 0.1) is 17.2 Å². The lowest BCUT2D eigenvalue weighted by Crippen LogP contribution is -2.12. The van der Waals surface area contributed by atoms with Gasteiger partial charge in [0.15, 0.2) is 11.5 Å². The summed E-state index contributed by atoms with van der Waals surface area (Å²) in [6.45, 7) is 1.85. The summed E-state index contributed by atoms with van der Waals surface area (Å²) in [7, 11) is -4.02. The number of nitrogens with one attached hydrogen (secondary N) is 1. The van der Waals surface area contributed by atoms with Crippen molar-refractivity contribution in [2.24, 2.45) is 0 Å². The highest BCUT2D eigenvalue weighted by Crippen LogP contribution is 2.32. The summed E-state index contributed by atoms with van der Waals surface area (Å²) in [5.41, 5.74) is -0.246. The summed E-state index contributed by atoms with van der Waals surface area (Å²) in [5, 5.41) is 3.75. The predicted molar refractivity (Wildman–Crippen MR) is 98.0 cm³/mol. The second-order valence-electron chi connectivity index (χ2n) is 5.15. The molecule has 0 aliphatic heterocycles. The number of anilines is 1. The molecule has 3 aromatic rings. The summed E-state index contributed by atoms with van der Waals surface area (Å²) in [5.74, 6) is -1.23. The summed E-state index contributed by atoms with van der Waals surface area (Å²) in [6.07, 6.45) is 0. The largest absolute Gasteiger partial charge is 0.461 e. The quantitative estimate of drug-likeness (QED) is 0.589. The van der Waals surface area contributed by atoms with Crippen molar-refractivity contribution in [1.82, 2.24) is 5.16 Å². The van der Waals surface area contributed by atoms with E-state index in [0.717, 1.165) is 17.4 Å². The van der Waals surface area contributed by atoms with Crippen LogP contribution in [0.3, 0.4) is 0 Å². The lowest BCUT2D eigenvalue weighted by atomic mass is 10.3. The molecule has 2 heterocycles. The highest BCUT2D eigenvalue weighted by molar-refractivity contribution is 7.94. The predicted octanol–water partition coefficient (Wildman–Crippen LogP) is 4.17. The number of benzene rings is 1. The number of thiophene rings is 1. The van der Waals surface area contributed by atoms with Gasteiger partial charge in [-0.15, -0.1) is 11.3 Å². The maximum Gasteiger partial charge on any atom is 0.360 e. The first kappa shape index (κ1) is 19.3. The van der Waals surface area contributed by atoms with Crippen molar-refractivity contribution in [3.8, 4) is 10.6 Å². The van der Waals surface area contributed by atoms with Gasteiger partial charge in [-0.3, -0.25) is 4.72 Å². The Kier molecular flexibility index (Phi) is 5.49. The van der Waals surface area contributed by atoms with Gasteiger partial charge in [-0.2, -0.15) is 0 Å². The molecule has 0 amide bonds. The molecule has 0 spiro atoms. The second-order valence-corrected chi connectivity index (χ2v) is 8.57. The number of aromatic nitrogens is 1. The molecular formula is C16H12ClFN2O5S2. The van der Waals surface area contributed by atoms with Gasteiger partial charge in [-0.25, -0.2) is 17.6 Å². The van der Waals surface area contributed by atoms with Gasteiger partial charge >= 0.3 is 5.97 Å². The minimum atomic E-state index is -4.02. The third kappa shape index (κ3) is 4.29. The number of halogens is 2. The molecule has 0 bridgehead atoms. The Bertz CT molecular complexity index is 1090. The first-order valence-corrected chi connectivity index (χ1v) is 10.2. The van der Waals surface area contributed by atoms with Crippen molar-refractivity contribution >= 4 is 44.6 Å². The zero-order valence-corrected chi connectivity index (χ0v) is 16.1. The number of carbonyl (C=O) groups excluding carboxylic acids is 1. The summed E-state index contributed by atoms with van der Waals surface area (Å²) >= 11 is 6.53. The van der Waals surface area contributed by atoms with Gasteiger partial charge < -0.3 is 9.26 Å². The van der Waals surface area contributed by atoms with E-state index in [2.05, 4.69) is 9.88 Å². The zero-order valence-electron chi connectivity index (χ0n) is 13.7. The monoisotopic (exact) mass is 430 g/mol. The first-order chi connectivity index (χ1) is 12.8. The maximum atomic E-state index is 13.8. The third-order valence-electron chi connectivity index (χ3n) is 3.26. The Balaban J connectivity index is 1.83. The fourth-order valence-electron chi connectivity index (χ4n) is 2.06. The van der Waals surface area contributed by atoms with Crippen molar-refractivity contribution in [2.45, 2.75) is 11.1 Å². The van der Waals surface area contributed by atoms with Crippen LogP contribution in [0, 0.1) is 5.82 Å². The number of esters is 1. The standard InChI is InChI=1S/C16H12ClFN2O5S2/c1-2-24-16(21)12-8-13(25-19-12)14-5-6-15(26-14)27(22,23)20-11-4-3-9(17)7-10(11)18/h3-8,20H,2H2,1H3. The van der Waals surface area contributed by atoms with Gasteiger partial charge in [0.2, 0.25) is 0 Å². The molecule has 0 unspecified atom stereocenters. The van der Waals surface area contributed by atoms with Gasteiger partial charge in [0.1, 0.15) is 10.0 Å². The number of rotatable bonds is 6. The summed E-state index contributed by atoms with van der Waals surface area (Å²) < 4.78 is 50.7. The van der Waals surface area contributed by atoms with Crippen LogP contribution < -0.4 is 4.72 Å². The molecule has 0 saturated heterocycles. The van der Waals surface area contributed by atoms with Crippen molar-refractivity contribution in [3.63, 3.8) is 0 Å². The number of hydrogen-bond donors (Lipinski definition) is 1. The molecule has 0 aliphatic rings. The smallest absolute Gasteiger partial charge is 0.360 e. The van der Waals surface area contributed by atoms with Crippen molar-refractivity contribution in [3.05, 3.63) is 52.9 Å². The van der Waals surface area contributed by atoms with Gasteiger partial charge in [0, 0.05) is 11.1 Å². The molecule has 3 rings (SSSR count). The molecule has 0 atom stereocenters. The minimum absolute atomic E-state index is 0.0222. The highest BCUT2D eigenvalue weighted by atomic mass is 35.5. The Labute approximate surface area is 162 Å². The topological polar surface area (TPSA) is 98.5 Å². The van der Waals surface area contributed by atoms with Gasteiger partial charge in [-0.1, -0.05) is 16.8 Å². The Morgan fingerprint density at radius 3 is 2.81 bits per heavy atom. The molecule has 0 saturated carbocycles. The molecule has 0 radical (unpaired) electrons. The van der Waals surface area contributed by atoms with Crippen LogP contribution >= 0.6 is 22.9 Å². The van der Waals surface area contributed by atoms with E-state index in [4.69, 9.17) is 20.9 Å². The van der Waals surface area contributed by atoms with E-state index in [1.54, 1.807) is 6.92 Å². The molecule has 0 aliphatic carbocycles.